The number of carbonyl (C=O) groups excluding carboxylic acids is 2. The van der Waals surface area contributed by atoms with Crippen LogP contribution in [0.15, 0.2) is 48.5 Å². The van der Waals surface area contributed by atoms with Crippen LogP contribution in [-0.4, -0.2) is 84.5 Å². The Bertz CT molecular complexity index is 1210. The van der Waals surface area contributed by atoms with Crippen molar-refractivity contribution in [3.63, 3.8) is 0 Å². The van der Waals surface area contributed by atoms with Crippen LogP contribution in [0.25, 0.3) is 0 Å². The van der Waals surface area contributed by atoms with Crippen molar-refractivity contribution >= 4 is 17.6 Å². The molecule has 0 aromatic heterocycles. The average Bonchev–Trinajstić information content (AvgIpc) is 3.59. The Balaban J connectivity index is 1.27. The van der Waals surface area contributed by atoms with E-state index >= 15 is 0 Å². The SMILES string of the molecule is CCN1C(=O)N(C(CCNC)Cc2ccc(C#N)cc2)C(=O)C12CCN(Cc1ccc(N3CCCC3)cc1)CC2. The summed E-state index contributed by atoms with van der Waals surface area (Å²) in [6, 6.07) is 18.2. The highest BCUT2D eigenvalue weighted by Crippen LogP contribution is 2.39. The van der Waals surface area contributed by atoms with Crippen molar-refractivity contribution in [3.05, 3.63) is 65.2 Å². The minimum Gasteiger partial charge on any atom is -0.372 e. The van der Waals surface area contributed by atoms with E-state index in [4.69, 9.17) is 5.26 Å². The van der Waals surface area contributed by atoms with Crippen molar-refractivity contribution < 1.29 is 9.59 Å². The molecule has 0 saturated carbocycles. The van der Waals surface area contributed by atoms with Crippen LogP contribution >= 0.6 is 0 Å². The molecule has 3 aliphatic heterocycles. The van der Waals surface area contributed by atoms with Crippen LogP contribution < -0.4 is 10.2 Å². The number of urea groups is 1. The number of nitrogens with one attached hydrogen (secondary N) is 1. The molecule has 1 unspecified atom stereocenters. The number of nitriles is 1. The van der Waals surface area contributed by atoms with Gasteiger partial charge in [-0.15, -0.1) is 0 Å². The zero-order valence-corrected chi connectivity index (χ0v) is 23.9. The van der Waals surface area contributed by atoms with E-state index < -0.39 is 5.54 Å². The summed E-state index contributed by atoms with van der Waals surface area (Å²) in [5, 5.41) is 12.3. The quantitative estimate of drug-likeness (QED) is 0.457. The largest absolute Gasteiger partial charge is 0.372 e. The summed E-state index contributed by atoms with van der Waals surface area (Å²) < 4.78 is 0. The fourth-order valence-corrected chi connectivity index (χ4v) is 6.73. The zero-order chi connectivity index (χ0) is 28.1. The van der Waals surface area contributed by atoms with E-state index in [-0.39, 0.29) is 18.0 Å². The third-order valence-electron chi connectivity index (χ3n) is 9.03. The van der Waals surface area contributed by atoms with Gasteiger partial charge in [0.15, 0.2) is 0 Å². The van der Waals surface area contributed by atoms with Gasteiger partial charge in [0, 0.05) is 51.0 Å². The highest BCUT2D eigenvalue weighted by molar-refractivity contribution is 6.07. The summed E-state index contributed by atoms with van der Waals surface area (Å²) in [6.45, 7) is 7.94. The van der Waals surface area contributed by atoms with E-state index in [1.807, 2.05) is 31.0 Å². The first-order chi connectivity index (χ1) is 19.5. The molecule has 1 spiro atoms. The first-order valence-corrected chi connectivity index (χ1v) is 14.8. The van der Waals surface area contributed by atoms with Crippen LogP contribution in [0.2, 0.25) is 0 Å². The van der Waals surface area contributed by atoms with Crippen molar-refractivity contribution in [2.45, 2.75) is 63.6 Å². The maximum atomic E-state index is 14.2. The second-order valence-electron chi connectivity index (χ2n) is 11.4. The Morgan fingerprint density at radius 2 is 1.60 bits per heavy atom. The van der Waals surface area contributed by atoms with Crippen LogP contribution in [0.1, 0.15) is 55.7 Å². The summed E-state index contributed by atoms with van der Waals surface area (Å²) in [5.74, 6) is -0.0382. The number of hydrogen-bond acceptors (Lipinski definition) is 6. The third kappa shape index (κ3) is 5.59. The Kier molecular flexibility index (Phi) is 8.72. The van der Waals surface area contributed by atoms with Gasteiger partial charge in [-0.2, -0.15) is 5.26 Å². The lowest BCUT2D eigenvalue weighted by atomic mass is 9.85. The first-order valence-electron chi connectivity index (χ1n) is 14.8. The molecule has 0 radical (unpaired) electrons. The molecule has 2 aromatic carbocycles. The monoisotopic (exact) mass is 542 g/mol. The lowest BCUT2D eigenvalue weighted by Gasteiger charge is -2.42. The predicted molar refractivity (Wildman–Crippen MR) is 157 cm³/mol. The third-order valence-corrected chi connectivity index (χ3v) is 9.03. The number of hydrogen-bond donors (Lipinski definition) is 1. The molecule has 3 fully saturated rings. The molecule has 2 aromatic rings. The molecule has 40 heavy (non-hydrogen) atoms. The van der Waals surface area contributed by atoms with E-state index in [9.17, 15) is 9.59 Å². The fourth-order valence-electron chi connectivity index (χ4n) is 6.73. The number of nitrogens with zero attached hydrogens (tertiary/aromatic N) is 5. The molecule has 3 heterocycles. The lowest BCUT2D eigenvalue weighted by molar-refractivity contribution is -0.137. The molecule has 8 nitrogen and oxygen atoms in total. The number of piperidine rings is 1. The molecule has 1 atom stereocenters. The number of rotatable bonds is 10. The van der Waals surface area contributed by atoms with Crippen molar-refractivity contribution in [1.29, 1.82) is 5.26 Å². The number of carbonyl (C=O) groups is 2. The molecular weight excluding hydrogens is 500 g/mol. The number of imide groups is 1. The Labute approximate surface area is 238 Å². The van der Waals surface area contributed by atoms with Crippen molar-refractivity contribution in [2.75, 3.05) is 51.2 Å². The minimum atomic E-state index is -0.759. The van der Waals surface area contributed by atoms with Gasteiger partial charge >= 0.3 is 6.03 Å². The molecule has 0 bridgehead atoms. The van der Waals surface area contributed by atoms with Crippen LogP contribution in [0.3, 0.4) is 0 Å². The second-order valence-corrected chi connectivity index (χ2v) is 11.4. The lowest BCUT2D eigenvalue weighted by Crippen LogP contribution is -2.56. The molecule has 3 aliphatic rings. The molecule has 212 valence electrons. The van der Waals surface area contributed by atoms with E-state index in [1.165, 1.54) is 24.1 Å². The van der Waals surface area contributed by atoms with Gasteiger partial charge in [-0.1, -0.05) is 24.3 Å². The summed E-state index contributed by atoms with van der Waals surface area (Å²) in [6.07, 6.45) is 5.12. The average molecular weight is 543 g/mol. The summed E-state index contributed by atoms with van der Waals surface area (Å²) in [7, 11) is 1.89. The number of likely N-dealkylation sites (N-methyl/N-ethyl adjacent to an activating group) is 1. The van der Waals surface area contributed by atoms with Gasteiger partial charge in [0.2, 0.25) is 0 Å². The Morgan fingerprint density at radius 3 is 2.20 bits per heavy atom. The van der Waals surface area contributed by atoms with E-state index in [2.05, 4.69) is 45.5 Å². The summed E-state index contributed by atoms with van der Waals surface area (Å²) in [4.78, 5) is 36.2. The standard InChI is InChI=1S/C32H42N6O2/c1-3-37-31(40)38(29(14-17-34-2)22-25-6-8-26(23-33)9-7-25)30(39)32(37)15-20-35(21-16-32)24-27-10-12-28(13-11-27)36-18-4-5-19-36/h6-13,29,34H,3-5,14-22,24H2,1-2H3. The number of benzene rings is 2. The molecule has 8 heteroatoms. The van der Waals surface area contributed by atoms with E-state index in [0.717, 1.165) is 38.3 Å². The molecular formula is C32H42N6O2. The Hall–Kier alpha value is -3.41. The number of likely N-dealkylation sites (tertiary alicyclic amines) is 1. The topological polar surface area (TPSA) is 82.9 Å². The van der Waals surface area contributed by atoms with E-state index in [0.29, 0.717) is 44.3 Å². The van der Waals surface area contributed by atoms with Crippen molar-refractivity contribution in [2.24, 2.45) is 0 Å². The first kappa shape index (κ1) is 28.1. The molecule has 3 saturated heterocycles. The predicted octanol–water partition coefficient (Wildman–Crippen LogP) is 4.00. The molecule has 5 rings (SSSR count). The zero-order valence-electron chi connectivity index (χ0n) is 23.9. The highest BCUT2D eigenvalue weighted by Gasteiger charge is 2.58. The van der Waals surface area contributed by atoms with Crippen LogP contribution in [0.5, 0.6) is 0 Å². The van der Waals surface area contributed by atoms with Crippen molar-refractivity contribution in [1.82, 2.24) is 20.0 Å². The van der Waals surface area contributed by atoms with Gasteiger partial charge in [-0.3, -0.25) is 14.6 Å². The smallest absolute Gasteiger partial charge is 0.327 e. The van der Waals surface area contributed by atoms with Gasteiger partial charge in [-0.25, -0.2) is 4.79 Å². The maximum Gasteiger partial charge on any atom is 0.327 e. The van der Waals surface area contributed by atoms with Gasteiger partial charge in [0.1, 0.15) is 5.54 Å². The normalized spacial score (nSPS) is 20.0. The van der Waals surface area contributed by atoms with Crippen LogP contribution in [-0.2, 0) is 17.8 Å². The molecule has 1 N–H and O–H groups in total. The fraction of sp³-hybridized carbons (Fsp3) is 0.531. The van der Waals surface area contributed by atoms with Gasteiger partial charge in [0.05, 0.1) is 11.6 Å². The van der Waals surface area contributed by atoms with Crippen LogP contribution in [0, 0.1) is 11.3 Å². The number of amides is 3. The summed E-state index contributed by atoms with van der Waals surface area (Å²) in [5.41, 5.74) is 3.46. The van der Waals surface area contributed by atoms with E-state index in [1.54, 1.807) is 17.0 Å². The van der Waals surface area contributed by atoms with Gasteiger partial charge in [0.25, 0.3) is 5.91 Å². The summed E-state index contributed by atoms with van der Waals surface area (Å²) >= 11 is 0. The molecule has 0 aliphatic carbocycles. The Morgan fingerprint density at radius 1 is 0.950 bits per heavy atom. The number of anilines is 1. The highest BCUT2D eigenvalue weighted by atomic mass is 16.2. The second kappa shape index (κ2) is 12.4. The van der Waals surface area contributed by atoms with Gasteiger partial charge in [-0.05, 0) is 94.4 Å². The molecule has 3 amide bonds. The van der Waals surface area contributed by atoms with Crippen molar-refractivity contribution in [3.8, 4) is 6.07 Å². The van der Waals surface area contributed by atoms with Gasteiger partial charge < -0.3 is 15.1 Å². The maximum absolute atomic E-state index is 14.2. The minimum absolute atomic E-state index is 0.0382. The van der Waals surface area contributed by atoms with Crippen LogP contribution in [0.4, 0.5) is 10.5 Å².